The molecule has 0 aliphatic carbocycles. The van der Waals surface area contributed by atoms with Crippen LogP contribution in [0.3, 0.4) is 0 Å². The normalized spacial score (nSPS) is 23.7. The van der Waals surface area contributed by atoms with Gasteiger partial charge in [0.2, 0.25) is 6.35 Å². The standard InChI is InChI=1S/C30H33ClN3O5P/c1-22-18-34(29(36)32-28(22)35)27-20-33(19-26(39-27)21-38-40(2,31)37)30(23-12-6-3-7-13-23,24-14-8-4-9-15-24)25-16-10-5-11-17-25/h3-18,26-27,29,36H,19-21H2,1-2H3,(H,32,35). The maximum Gasteiger partial charge on any atom is 0.287 e. The number of hydrogen-bond donors (Lipinski definition) is 2. The van der Waals surface area contributed by atoms with E-state index in [1.807, 2.05) is 54.6 Å². The minimum atomic E-state index is -3.31. The largest absolute Gasteiger partial charge is 0.356 e. The van der Waals surface area contributed by atoms with Gasteiger partial charge in [0.25, 0.3) is 12.6 Å². The Balaban J connectivity index is 1.68. The zero-order chi connectivity index (χ0) is 28.3. The molecule has 0 bridgehead atoms. The third kappa shape index (κ3) is 5.88. The van der Waals surface area contributed by atoms with Gasteiger partial charge in [0.15, 0.2) is 0 Å². The van der Waals surface area contributed by atoms with Crippen LogP contribution in [-0.2, 0) is 24.2 Å². The Kier molecular flexibility index (Phi) is 8.47. The van der Waals surface area contributed by atoms with Gasteiger partial charge in [-0.15, -0.1) is 0 Å². The SMILES string of the molecule is CC1=CN(C2CN(C(c3ccccc3)(c3ccccc3)c3ccccc3)CC(COP(C)(=O)Cl)O2)C(O)NC1=O. The van der Waals surface area contributed by atoms with Gasteiger partial charge in [-0.2, -0.15) is 0 Å². The average molecular weight is 582 g/mol. The van der Waals surface area contributed by atoms with Gasteiger partial charge in [0.05, 0.1) is 18.2 Å². The van der Waals surface area contributed by atoms with Gasteiger partial charge in [0, 0.05) is 31.5 Å². The Labute approximate surface area is 239 Å². The van der Waals surface area contributed by atoms with Gasteiger partial charge in [-0.3, -0.25) is 14.3 Å². The number of morpholine rings is 1. The van der Waals surface area contributed by atoms with Gasteiger partial charge >= 0.3 is 0 Å². The van der Waals surface area contributed by atoms with E-state index >= 15 is 0 Å². The topological polar surface area (TPSA) is 91.3 Å². The van der Waals surface area contributed by atoms with Crippen molar-refractivity contribution in [1.29, 1.82) is 0 Å². The van der Waals surface area contributed by atoms with Crippen LogP contribution >= 0.6 is 18.0 Å². The summed E-state index contributed by atoms with van der Waals surface area (Å²) in [5.74, 6) is -0.349. The second-order valence-corrected chi connectivity index (χ2v) is 13.7. The van der Waals surface area contributed by atoms with Crippen molar-refractivity contribution in [2.45, 2.75) is 31.1 Å². The number of ether oxygens (including phenoxy) is 1. The summed E-state index contributed by atoms with van der Waals surface area (Å²) in [5, 5.41) is 13.4. The Morgan fingerprint density at radius 1 is 0.975 bits per heavy atom. The summed E-state index contributed by atoms with van der Waals surface area (Å²) in [6.07, 6.45) is -0.917. The average Bonchev–Trinajstić information content (AvgIpc) is 2.96. The number of halogens is 1. The Morgan fingerprint density at radius 3 is 1.95 bits per heavy atom. The van der Waals surface area contributed by atoms with Gasteiger partial charge in [-0.25, -0.2) is 0 Å². The molecule has 2 N–H and O–H groups in total. The predicted molar refractivity (Wildman–Crippen MR) is 155 cm³/mol. The van der Waals surface area contributed by atoms with Gasteiger partial charge in [-0.1, -0.05) is 91.0 Å². The fourth-order valence-electron chi connectivity index (χ4n) is 5.55. The lowest BCUT2D eigenvalue weighted by atomic mass is 9.75. The fourth-order valence-corrected chi connectivity index (χ4v) is 6.15. The second kappa shape index (κ2) is 11.9. The number of nitrogens with zero attached hydrogens (tertiary/aromatic N) is 2. The second-order valence-electron chi connectivity index (χ2n) is 10.1. The van der Waals surface area contributed by atoms with E-state index in [0.717, 1.165) is 16.7 Å². The molecule has 210 valence electrons. The van der Waals surface area contributed by atoms with E-state index < -0.39 is 30.9 Å². The first-order chi connectivity index (χ1) is 19.2. The number of carbonyl (C=O) groups excluding carboxylic acids is 1. The van der Waals surface area contributed by atoms with Crippen LogP contribution in [0, 0.1) is 0 Å². The van der Waals surface area contributed by atoms with E-state index in [1.165, 1.54) is 6.66 Å². The molecule has 4 atom stereocenters. The van der Waals surface area contributed by atoms with Crippen LogP contribution in [0.15, 0.2) is 103 Å². The highest BCUT2D eigenvalue weighted by molar-refractivity contribution is 7.84. The molecule has 8 nitrogen and oxygen atoms in total. The summed E-state index contributed by atoms with van der Waals surface area (Å²) in [7, 11) is 0. The van der Waals surface area contributed by atoms with Crippen molar-refractivity contribution in [1.82, 2.24) is 15.1 Å². The quantitative estimate of drug-likeness (QED) is 0.294. The van der Waals surface area contributed by atoms with Crippen LogP contribution in [-0.4, -0.2) is 65.9 Å². The molecular weight excluding hydrogens is 549 g/mol. The number of nitrogens with one attached hydrogen (secondary N) is 1. The van der Waals surface area contributed by atoms with Crippen LogP contribution in [0.2, 0.25) is 0 Å². The molecule has 40 heavy (non-hydrogen) atoms. The Bertz CT molecular complexity index is 1290. The minimum Gasteiger partial charge on any atom is -0.356 e. The Hall–Kier alpha value is -2.97. The molecule has 0 radical (unpaired) electrons. The molecule has 1 fully saturated rings. The van der Waals surface area contributed by atoms with E-state index in [4.69, 9.17) is 20.5 Å². The summed E-state index contributed by atoms with van der Waals surface area (Å²) in [6, 6.07) is 30.7. The summed E-state index contributed by atoms with van der Waals surface area (Å²) in [4.78, 5) is 16.1. The highest BCUT2D eigenvalue weighted by Gasteiger charge is 2.47. The van der Waals surface area contributed by atoms with Gasteiger partial charge in [0.1, 0.15) is 6.23 Å². The van der Waals surface area contributed by atoms with Crippen LogP contribution in [0.25, 0.3) is 0 Å². The van der Waals surface area contributed by atoms with E-state index in [9.17, 15) is 14.5 Å². The number of benzene rings is 3. The highest BCUT2D eigenvalue weighted by atomic mass is 35.7. The first-order valence-corrected chi connectivity index (χ1v) is 16.1. The Morgan fingerprint density at radius 2 is 1.48 bits per heavy atom. The van der Waals surface area contributed by atoms with E-state index in [0.29, 0.717) is 18.7 Å². The molecule has 10 heteroatoms. The van der Waals surface area contributed by atoms with E-state index in [-0.39, 0.29) is 12.5 Å². The summed E-state index contributed by atoms with van der Waals surface area (Å²) >= 11 is 5.97. The molecule has 3 aromatic carbocycles. The molecule has 0 aromatic heterocycles. The number of amides is 1. The number of aliphatic hydroxyl groups excluding tert-OH is 1. The number of aliphatic hydroxyl groups is 1. The molecule has 1 amide bonds. The molecule has 3 aromatic rings. The summed E-state index contributed by atoms with van der Waals surface area (Å²) in [5.41, 5.74) is 2.82. The van der Waals surface area contributed by atoms with E-state index in [2.05, 4.69) is 46.6 Å². The van der Waals surface area contributed by atoms with Crippen molar-refractivity contribution in [3.05, 3.63) is 119 Å². The van der Waals surface area contributed by atoms with E-state index in [1.54, 1.807) is 18.0 Å². The molecule has 2 aliphatic rings. The first kappa shape index (κ1) is 28.6. The maximum atomic E-state index is 12.3. The lowest BCUT2D eigenvalue weighted by Crippen LogP contribution is -2.64. The van der Waals surface area contributed by atoms with Crippen LogP contribution in [0.5, 0.6) is 0 Å². The van der Waals surface area contributed by atoms with Crippen molar-refractivity contribution >= 4 is 23.9 Å². The van der Waals surface area contributed by atoms with Gasteiger partial charge in [-0.05, 0) is 34.9 Å². The van der Waals surface area contributed by atoms with Crippen LogP contribution < -0.4 is 5.32 Å². The monoisotopic (exact) mass is 581 g/mol. The van der Waals surface area contributed by atoms with Crippen molar-refractivity contribution in [3.63, 3.8) is 0 Å². The van der Waals surface area contributed by atoms with Crippen molar-refractivity contribution in [2.75, 3.05) is 26.4 Å². The van der Waals surface area contributed by atoms with Crippen molar-refractivity contribution in [3.8, 4) is 0 Å². The molecule has 5 rings (SSSR count). The summed E-state index contributed by atoms with van der Waals surface area (Å²) < 4.78 is 24.3. The number of hydrogen-bond acceptors (Lipinski definition) is 7. The molecular formula is C30H33ClN3O5P. The molecule has 4 unspecified atom stereocenters. The smallest absolute Gasteiger partial charge is 0.287 e. The molecule has 2 aliphatic heterocycles. The third-order valence-corrected chi connectivity index (χ3v) is 8.17. The number of rotatable bonds is 8. The highest BCUT2D eigenvalue weighted by Crippen LogP contribution is 2.49. The lowest BCUT2D eigenvalue weighted by Gasteiger charge is -2.52. The maximum absolute atomic E-state index is 12.3. The molecule has 1 saturated heterocycles. The van der Waals surface area contributed by atoms with Crippen molar-refractivity contribution in [2.24, 2.45) is 0 Å². The number of carbonyl (C=O) groups is 1. The summed E-state index contributed by atoms with van der Waals surface area (Å²) in [6.45, 7) is 0.473. The van der Waals surface area contributed by atoms with Gasteiger partial charge < -0.3 is 24.6 Å². The zero-order valence-corrected chi connectivity index (χ0v) is 24.0. The fraction of sp³-hybridized carbons (Fsp3) is 0.300. The zero-order valence-electron chi connectivity index (χ0n) is 22.4. The third-order valence-electron chi connectivity index (χ3n) is 7.27. The molecule has 0 spiro atoms. The lowest BCUT2D eigenvalue weighted by molar-refractivity contribution is -0.197. The molecule has 0 saturated carbocycles. The first-order valence-electron chi connectivity index (χ1n) is 13.1. The molecule has 2 heterocycles. The van der Waals surface area contributed by atoms with Crippen LogP contribution in [0.4, 0.5) is 0 Å². The van der Waals surface area contributed by atoms with Crippen molar-refractivity contribution < 1.29 is 23.7 Å². The van der Waals surface area contributed by atoms with Crippen LogP contribution in [0.1, 0.15) is 23.6 Å². The minimum absolute atomic E-state index is 0.0162. The predicted octanol–water partition coefficient (Wildman–Crippen LogP) is 4.70.